The molecule has 22 heavy (non-hydrogen) atoms. The largest absolute Gasteiger partial charge is 0.318 e. The second-order valence-corrected chi connectivity index (χ2v) is 8.01. The van der Waals surface area contributed by atoms with Gasteiger partial charge in [0.1, 0.15) is 0 Å². The molecule has 4 rings (SSSR count). The predicted molar refractivity (Wildman–Crippen MR) is 99.2 cm³/mol. The summed E-state index contributed by atoms with van der Waals surface area (Å²) < 4.78 is 4.50. The molecule has 0 fully saturated rings. The second kappa shape index (κ2) is 5.87. The molecule has 2 nitrogen and oxygen atoms in total. The van der Waals surface area contributed by atoms with Gasteiger partial charge in [-0.15, -0.1) is 0 Å². The molecule has 0 saturated heterocycles. The number of halogens is 2. The fraction of sp³-hybridized carbons (Fsp3) is 0.118. The average Bonchev–Trinajstić information content (AvgIpc) is 3.07. The number of benzene rings is 2. The van der Waals surface area contributed by atoms with Crippen molar-refractivity contribution in [3.8, 4) is 22.5 Å². The lowest BCUT2D eigenvalue weighted by molar-refractivity contribution is 0.726. The third kappa shape index (κ3) is 2.55. The first-order valence-electron chi connectivity index (χ1n) is 6.97. The van der Waals surface area contributed by atoms with Gasteiger partial charge >= 0.3 is 0 Å². The van der Waals surface area contributed by atoms with E-state index >= 15 is 0 Å². The summed E-state index contributed by atoms with van der Waals surface area (Å²) in [4.78, 5) is 4.90. The van der Waals surface area contributed by atoms with E-state index in [4.69, 9.17) is 4.98 Å². The Morgan fingerprint density at radius 1 is 0.955 bits per heavy atom. The standard InChI is InChI=1S/C17H12Br2N2S/c18-13-5-1-3-11(9-13)15-16(12-4-2-6-14(19)10-12)21-7-8-22-17(21)20-15/h1-6,9-10H,7-8H2. The molecule has 0 saturated carbocycles. The Bertz CT molecular complexity index is 858. The van der Waals surface area contributed by atoms with Crippen LogP contribution in [0.25, 0.3) is 22.5 Å². The van der Waals surface area contributed by atoms with Crippen LogP contribution in [0.3, 0.4) is 0 Å². The molecule has 3 aromatic rings. The average molecular weight is 436 g/mol. The van der Waals surface area contributed by atoms with E-state index in [-0.39, 0.29) is 0 Å². The summed E-state index contributed by atoms with van der Waals surface area (Å²) in [6.07, 6.45) is 0. The second-order valence-electron chi connectivity index (χ2n) is 5.11. The number of fused-ring (bicyclic) bond motifs is 1. The number of nitrogens with zero attached hydrogens (tertiary/aromatic N) is 2. The van der Waals surface area contributed by atoms with Gasteiger partial charge in [-0.1, -0.05) is 67.9 Å². The molecule has 2 heterocycles. The smallest absolute Gasteiger partial charge is 0.169 e. The Labute approximate surface area is 150 Å². The molecule has 110 valence electrons. The van der Waals surface area contributed by atoms with Crippen molar-refractivity contribution in [1.29, 1.82) is 0 Å². The molecular formula is C17H12Br2N2S. The van der Waals surface area contributed by atoms with Crippen LogP contribution >= 0.6 is 43.6 Å². The topological polar surface area (TPSA) is 17.8 Å². The number of hydrogen-bond acceptors (Lipinski definition) is 2. The van der Waals surface area contributed by atoms with Gasteiger partial charge in [-0.2, -0.15) is 0 Å². The summed E-state index contributed by atoms with van der Waals surface area (Å²) in [5, 5.41) is 1.12. The van der Waals surface area contributed by atoms with Crippen molar-refractivity contribution in [3.63, 3.8) is 0 Å². The molecule has 0 aliphatic carbocycles. The molecule has 0 N–H and O–H groups in total. The Kier molecular flexibility index (Phi) is 3.88. The maximum Gasteiger partial charge on any atom is 0.169 e. The van der Waals surface area contributed by atoms with Gasteiger partial charge in [0.05, 0.1) is 11.4 Å². The third-order valence-electron chi connectivity index (χ3n) is 3.67. The van der Waals surface area contributed by atoms with Crippen molar-refractivity contribution in [3.05, 3.63) is 57.5 Å². The van der Waals surface area contributed by atoms with Crippen LogP contribution in [0.15, 0.2) is 62.6 Å². The molecule has 0 amide bonds. The number of imidazole rings is 1. The first-order chi connectivity index (χ1) is 10.7. The molecule has 5 heteroatoms. The SMILES string of the molecule is Brc1cccc(-c2nc3n(c2-c2cccc(Br)c2)CCS3)c1. The maximum absolute atomic E-state index is 4.90. The minimum atomic E-state index is 1.02. The Morgan fingerprint density at radius 3 is 2.36 bits per heavy atom. The Morgan fingerprint density at radius 2 is 1.64 bits per heavy atom. The minimum absolute atomic E-state index is 1.02. The lowest BCUT2D eigenvalue weighted by Gasteiger charge is -2.09. The van der Waals surface area contributed by atoms with E-state index in [1.165, 1.54) is 11.3 Å². The highest BCUT2D eigenvalue weighted by atomic mass is 79.9. The Hall–Kier alpha value is -1.04. The van der Waals surface area contributed by atoms with Crippen LogP contribution in [0, 0.1) is 0 Å². The molecule has 0 bridgehead atoms. The van der Waals surface area contributed by atoms with Gasteiger partial charge in [0.2, 0.25) is 0 Å². The van der Waals surface area contributed by atoms with E-state index in [1.807, 2.05) is 17.8 Å². The quantitative estimate of drug-likeness (QED) is 0.502. The summed E-state index contributed by atoms with van der Waals surface area (Å²) in [6, 6.07) is 16.8. The van der Waals surface area contributed by atoms with Crippen molar-refractivity contribution in [2.75, 3.05) is 5.75 Å². The number of aromatic nitrogens is 2. The predicted octanol–water partition coefficient (Wildman–Crippen LogP) is 5.85. The minimum Gasteiger partial charge on any atom is -0.318 e. The molecule has 0 unspecified atom stereocenters. The Balaban J connectivity index is 1.96. The molecule has 1 aromatic heterocycles. The monoisotopic (exact) mass is 434 g/mol. The lowest BCUT2D eigenvalue weighted by atomic mass is 10.0. The van der Waals surface area contributed by atoms with Crippen LogP contribution in [0.2, 0.25) is 0 Å². The van der Waals surface area contributed by atoms with Gasteiger partial charge < -0.3 is 4.57 Å². The molecule has 2 aromatic carbocycles. The van der Waals surface area contributed by atoms with Crippen molar-refractivity contribution in [2.24, 2.45) is 0 Å². The fourth-order valence-electron chi connectivity index (χ4n) is 2.74. The van der Waals surface area contributed by atoms with Crippen molar-refractivity contribution >= 4 is 43.6 Å². The van der Waals surface area contributed by atoms with Crippen molar-refractivity contribution in [1.82, 2.24) is 9.55 Å². The third-order valence-corrected chi connectivity index (χ3v) is 5.62. The highest BCUT2D eigenvalue weighted by Crippen LogP contribution is 2.39. The highest BCUT2D eigenvalue weighted by molar-refractivity contribution is 9.10. The van der Waals surface area contributed by atoms with Crippen LogP contribution in [-0.4, -0.2) is 15.3 Å². The zero-order valence-electron chi connectivity index (χ0n) is 11.6. The van der Waals surface area contributed by atoms with Gasteiger partial charge in [-0.05, 0) is 24.3 Å². The first-order valence-corrected chi connectivity index (χ1v) is 9.55. The molecule has 1 aliphatic heterocycles. The number of rotatable bonds is 2. The van der Waals surface area contributed by atoms with Gasteiger partial charge in [-0.3, -0.25) is 0 Å². The summed E-state index contributed by atoms with van der Waals surface area (Å²) in [5.41, 5.74) is 4.61. The summed E-state index contributed by atoms with van der Waals surface area (Å²) >= 11 is 8.97. The van der Waals surface area contributed by atoms with E-state index in [2.05, 4.69) is 78.9 Å². The van der Waals surface area contributed by atoms with Crippen LogP contribution < -0.4 is 0 Å². The van der Waals surface area contributed by atoms with Gasteiger partial charge in [0, 0.05) is 32.4 Å². The summed E-state index contributed by atoms with van der Waals surface area (Å²) in [6.45, 7) is 1.02. The number of thioether (sulfide) groups is 1. The molecule has 0 atom stereocenters. The van der Waals surface area contributed by atoms with E-state index in [9.17, 15) is 0 Å². The van der Waals surface area contributed by atoms with Gasteiger partial charge in [0.25, 0.3) is 0 Å². The molecule has 1 aliphatic rings. The van der Waals surface area contributed by atoms with E-state index < -0.39 is 0 Å². The lowest BCUT2D eigenvalue weighted by Crippen LogP contribution is -1.97. The van der Waals surface area contributed by atoms with Crippen LogP contribution in [0.5, 0.6) is 0 Å². The van der Waals surface area contributed by atoms with E-state index in [0.717, 1.165) is 37.7 Å². The summed E-state index contributed by atoms with van der Waals surface area (Å²) in [5.74, 6) is 1.10. The van der Waals surface area contributed by atoms with E-state index in [0.29, 0.717) is 0 Å². The van der Waals surface area contributed by atoms with Gasteiger partial charge in [0.15, 0.2) is 5.16 Å². The zero-order chi connectivity index (χ0) is 15.1. The van der Waals surface area contributed by atoms with Crippen molar-refractivity contribution in [2.45, 2.75) is 11.7 Å². The zero-order valence-corrected chi connectivity index (χ0v) is 15.6. The van der Waals surface area contributed by atoms with E-state index in [1.54, 1.807) is 0 Å². The summed E-state index contributed by atoms with van der Waals surface area (Å²) in [7, 11) is 0. The normalized spacial score (nSPS) is 13.4. The maximum atomic E-state index is 4.90. The van der Waals surface area contributed by atoms with Crippen LogP contribution in [0.4, 0.5) is 0 Å². The first kappa shape index (κ1) is 14.5. The molecule has 0 radical (unpaired) electrons. The fourth-order valence-corrected chi connectivity index (χ4v) is 4.49. The van der Waals surface area contributed by atoms with Crippen molar-refractivity contribution < 1.29 is 0 Å². The van der Waals surface area contributed by atoms with Gasteiger partial charge in [-0.25, -0.2) is 4.98 Å². The van der Waals surface area contributed by atoms with Crippen LogP contribution in [0.1, 0.15) is 0 Å². The van der Waals surface area contributed by atoms with Crippen LogP contribution in [-0.2, 0) is 6.54 Å². The number of hydrogen-bond donors (Lipinski definition) is 0. The highest BCUT2D eigenvalue weighted by Gasteiger charge is 2.23. The molecular weight excluding hydrogens is 424 g/mol. The molecule has 0 spiro atoms.